The van der Waals surface area contributed by atoms with Crippen molar-refractivity contribution in [1.82, 2.24) is 9.55 Å². The van der Waals surface area contributed by atoms with Gasteiger partial charge in [0.1, 0.15) is 0 Å². The van der Waals surface area contributed by atoms with E-state index in [0.717, 1.165) is 12.8 Å². The molecule has 1 atom stereocenters. The Bertz CT molecular complexity index is 1140. The maximum Gasteiger partial charge on any atom is 0.262 e. The number of nitrogens with one attached hydrogen (secondary N) is 2. The van der Waals surface area contributed by atoms with Gasteiger partial charge in [0.25, 0.3) is 5.56 Å². The van der Waals surface area contributed by atoms with E-state index in [0.29, 0.717) is 34.0 Å². The van der Waals surface area contributed by atoms with Crippen molar-refractivity contribution in [3.63, 3.8) is 0 Å². The Labute approximate surface area is 185 Å². The molecule has 0 aliphatic carbocycles. The van der Waals surface area contributed by atoms with Crippen molar-refractivity contribution >= 4 is 45.9 Å². The standard InChI is InChI=1S/C23H26N4O3S/c1-4-5-14-27-22(30)19-8-6-7-9-20(19)26-23(27)31-15(2)21(29)25-18-12-10-17(11-13-18)24-16(3)28/h6-13,15H,4-5,14H2,1-3H3,(H,24,28)(H,25,29). The number of nitrogens with zero attached hydrogens (tertiary/aromatic N) is 2. The van der Waals surface area contributed by atoms with E-state index in [9.17, 15) is 14.4 Å². The third kappa shape index (κ3) is 5.73. The summed E-state index contributed by atoms with van der Waals surface area (Å²) in [6, 6.07) is 14.2. The number of aromatic nitrogens is 2. The molecule has 0 spiro atoms. The topological polar surface area (TPSA) is 93.1 Å². The molecule has 0 fully saturated rings. The average Bonchev–Trinajstić information content (AvgIpc) is 2.74. The number of para-hydroxylation sites is 1. The minimum atomic E-state index is -0.462. The quantitative estimate of drug-likeness (QED) is 0.405. The number of thioether (sulfide) groups is 1. The SMILES string of the molecule is CCCCn1c(SC(C)C(=O)Nc2ccc(NC(C)=O)cc2)nc2ccccc2c1=O. The predicted octanol–water partition coefficient (Wildman–Crippen LogP) is 4.27. The molecule has 31 heavy (non-hydrogen) atoms. The van der Waals surface area contributed by atoms with Crippen LogP contribution in [0.5, 0.6) is 0 Å². The van der Waals surface area contributed by atoms with Crippen LogP contribution < -0.4 is 16.2 Å². The minimum absolute atomic E-state index is 0.0808. The van der Waals surface area contributed by atoms with Gasteiger partial charge in [-0.1, -0.05) is 37.2 Å². The number of fused-ring (bicyclic) bond motifs is 1. The summed E-state index contributed by atoms with van der Waals surface area (Å²) in [5.41, 5.74) is 1.83. The van der Waals surface area contributed by atoms with E-state index in [4.69, 9.17) is 0 Å². The monoisotopic (exact) mass is 438 g/mol. The Morgan fingerprint density at radius 1 is 1.06 bits per heavy atom. The number of hydrogen-bond acceptors (Lipinski definition) is 5. The fraction of sp³-hybridized carbons (Fsp3) is 0.304. The molecule has 162 valence electrons. The molecular weight excluding hydrogens is 412 g/mol. The van der Waals surface area contributed by atoms with E-state index in [-0.39, 0.29) is 17.4 Å². The lowest BCUT2D eigenvalue weighted by Crippen LogP contribution is -2.27. The highest BCUT2D eigenvalue weighted by Crippen LogP contribution is 2.24. The van der Waals surface area contributed by atoms with Crippen molar-refractivity contribution in [2.45, 2.75) is 50.6 Å². The van der Waals surface area contributed by atoms with E-state index in [1.807, 2.05) is 18.2 Å². The third-order valence-electron chi connectivity index (χ3n) is 4.69. The smallest absolute Gasteiger partial charge is 0.262 e. The largest absolute Gasteiger partial charge is 0.326 e. The number of carbonyl (C=O) groups excluding carboxylic acids is 2. The van der Waals surface area contributed by atoms with Crippen LogP contribution in [0.25, 0.3) is 10.9 Å². The molecule has 3 aromatic rings. The van der Waals surface area contributed by atoms with E-state index in [2.05, 4.69) is 22.5 Å². The normalized spacial score (nSPS) is 11.8. The maximum atomic E-state index is 13.0. The van der Waals surface area contributed by atoms with Gasteiger partial charge in [0.15, 0.2) is 5.16 Å². The highest BCUT2D eigenvalue weighted by Gasteiger charge is 2.19. The van der Waals surface area contributed by atoms with E-state index in [1.165, 1.54) is 18.7 Å². The number of amides is 2. The summed E-state index contributed by atoms with van der Waals surface area (Å²) in [7, 11) is 0. The first-order valence-electron chi connectivity index (χ1n) is 10.2. The number of unbranched alkanes of at least 4 members (excludes halogenated alkanes) is 1. The second-order valence-electron chi connectivity index (χ2n) is 7.23. The lowest BCUT2D eigenvalue weighted by atomic mass is 10.2. The van der Waals surface area contributed by atoms with Gasteiger partial charge in [-0.25, -0.2) is 4.98 Å². The number of hydrogen-bond donors (Lipinski definition) is 2. The molecule has 0 aliphatic rings. The van der Waals surface area contributed by atoms with Crippen LogP contribution in [0.3, 0.4) is 0 Å². The minimum Gasteiger partial charge on any atom is -0.326 e. The fourth-order valence-electron chi connectivity index (χ4n) is 3.05. The Hall–Kier alpha value is -3.13. The summed E-state index contributed by atoms with van der Waals surface area (Å²) in [5, 5.41) is 6.22. The summed E-state index contributed by atoms with van der Waals surface area (Å²) in [5.74, 6) is -0.347. The summed E-state index contributed by atoms with van der Waals surface area (Å²) in [6.07, 6.45) is 1.81. The molecule has 7 nitrogen and oxygen atoms in total. The maximum absolute atomic E-state index is 13.0. The molecule has 1 heterocycles. The molecule has 2 amide bonds. The molecule has 0 aliphatic heterocycles. The van der Waals surface area contributed by atoms with Crippen molar-refractivity contribution in [3.05, 3.63) is 58.9 Å². The van der Waals surface area contributed by atoms with Crippen LogP contribution in [-0.2, 0) is 16.1 Å². The molecule has 0 bridgehead atoms. The van der Waals surface area contributed by atoms with Gasteiger partial charge in [0, 0.05) is 24.8 Å². The molecule has 0 saturated carbocycles. The predicted molar refractivity (Wildman–Crippen MR) is 126 cm³/mol. The van der Waals surface area contributed by atoms with E-state index in [1.54, 1.807) is 41.8 Å². The van der Waals surface area contributed by atoms with Crippen molar-refractivity contribution in [2.24, 2.45) is 0 Å². The van der Waals surface area contributed by atoms with Crippen LogP contribution >= 0.6 is 11.8 Å². The molecule has 2 aromatic carbocycles. The summed E-state index contributed by atoms with van der Waals surface area (Å²) < 4.78 is 1.67. The zero-order chi connectivity index (χ0) is 22.4. The molecular formula is C23H26N4O3S. The van der Waals surface area contributed by atoms with Crippen LogP contribution in [0, 0.1) is 0 Å². The van der Waals surface area contributed by atoms with Gasteiger partial charge in [-0.05, 0) is 49.7 Å². The van der Waals surface area contributed by atoms with Gasteiger partial charge >= 0.3 is 0 Å². The molecule has 0 radical (unpaired) electrons. The Morgan fingerprint density at radius 2 is 1.71 bits per heavy atom. The van der Waals surface area contributed by atoms with Gasteiger partial charge in [0.05, 0.1) is 16.2 Å². The van der Waals surface area contributed by atoms with Crippen LogP contribution in [-0.4, -0.2) is 26.6 Å². The molecule has 3 rings (SSSR count). The molecule has 1 aromatic heterocycles. The van der Waals surface area contributed by atoms with Crippen molar-refractivity contribution in [1.29, 1.82) is 0 Å². The molecule has 2 N–H and O–H groups in total. The summed E-state index contributed by atoms with van der Waals surface area (Å²) in [6.45, 7) is 5.86. The number of anilines is 2. The van der Waals surface area contributed by atoms with Gasteiger partial charge in [-0.15, -0.1) is 0 Å². The van der Waals surface area contributed by atoms with Gasteiger partial charge in [0.2, 0.25) is 11.8 Å². The van der Waals surface area contributed by atoms with Crippen molar-refractivity contribution < 1.29 is 9.59 Å². The zero-order valence-corrected chi connectivity index (χ0v) is 18.7. The molecule has 1 unspecified atom stereocenters. The first-order valence-corrected chi connectivity index (χ1v) is 11.1. The third-order valence-corrected chi connectivity index (χ3v) is 5.78. The molecule has 8 heteroatoms. The van der Waals surface area contributed by atoms with Crippen LogP contribution in [0.1, 0.15) is 33.6 Å². The second kappa shape index (κ2) is 10.3. The summed E-state index contributed by atoms with van der Waals surface area (Å²) >= 11 is 1.27. The number of rotatable bonds is 8. The van der Waals surface area contributed by atoms with Crippen molar-refractivity contribution in [2.75, 3.05) is 10.6 Å². The Balaban J connectivity index is 1.78. The zero-order valence-electron chi connectivity index (χ0n) is 17.8. The van der Waals surface area contributed by atoms with E-state index >= 15 is 0 Å². The fourth-order valence-corrected chi connectivity index (χ4v) is 3.98. The highest BCUT2D eigenvalue weighted by molar-refractivity contribution is 8.00. The summed E-state index contributed by atoms with van der Waals surface area (Å²) in [4.78, 5) is 41.5. The van der Waals surface area contributed by atoms with Crippen LogP contribution in [0.4, 0.5) is 11.4 Å². The number of carbonyl (C=O) groups is 2. The number of benzene rings is 2. The molecule has 0 saturated heterocycles. The van der Waals surface area contributed by atoms with Gasteiger partial charge < -0.3 is 10.6 Å². The first kappa shape index (κ1) is 22.6. The van der Waals surface area contributed by atoms with Gasteiger partial charge in [-0.2, -0.15) is 0 Å². The lowest BCUT2D eigenvalue weighted by Gasteiger charge is -2.16. The van der Waals surface area contributed by atoms with Gasteiger partial charge in [-0.3, -0.25) is 19.0 Å². The lowest BCUT2D eigenvalue weighted by molar-refractivity contribution is -0.115. The average molecular weight is 439 g/mol. The van der Waals surface area contributed by atoms with Crippen molar-refractivity contribution in [3.8, 4) is 0 Å². The van der Waals surface area contributed by atoms with E-state index < -0.39 is 5.25 Å². The highest BCUT2D eigenvalue weighted by atomic mass is 32.2. The Morgan fingerprint density at radius 3 is 2.35 bits per heavy atom. The second-order valence-corrected chi connectivity index (χ2v) is 8.54. The van der Waals surface area contributed by atoms with Crippen LogP contribution in [0.2, 0.25) is 0 Å². The first-order chi connectivity index (χ1) is 14.9. The van der Waals surface area contributed by atoms with Crippen LogP contribution in [0.15, 0.2) is 58.5 Å². The Kier molecular flexibility index (Phi) is 7.46.